The van der Waals surface area contributed by atoms with Gasteiger partial charge in [0.15, 0.2) is 17.2 Å². The van der Waals surface area contributed by atoms with Crippen molar-refractivity contribution in [3.63, 3.8) is 0 Å². The Bertz CT molecular complexity index is 1430. The van der Waals surface area contributed by atoms with Crippen LogP contribution in [0.5, 0.6) is 0 Å². The number of rotatable bonds is 8. The Labute approximate surface area is 228 Å². The largest absolute Gasteiger partial charge is 0.391 e. The van der Waals surface area contributed by atoms with Gasteiger partial charge in [-0.1, -0.05) is 11.6 Å². The monoisotopic (exact) mass is 559 g/mol. The summed E-state index contributed by atoms with van der Waals surface area (Å²) in [5.74, 6) is 0.536. The first-order chi connectivity index (χ1) is 18.8. The molecule has 4 heterocycles. The number of halogens is 3. The fourth-order valence-electron chi connectivity index (χ4n) is 5.12. The number of imidazole rings is 1. The third-order valence-electron chi connectivity index (χ3n) is 7.70. The third kappa shape index (κ3) is 4.71. The van der Waals surface area contributed by atoms with Gasteiger partial charge in [-0.2, -0.15) is 14.8 Å². The van der Waals surface area contributed by atoms with Gasteiger partial charge in [-0.05, 0) is 31.9 Å². The van der Waals surface area contributed by atoms with E-state index in [1.807, 2.05) is 11.0 Å². The van der Waals surface area contributed by atoms with Gasteiger partial charge in [0.05, 0.1) is 47.5 Å². The Morgan fingerprint density at radius 2 is 1.97 bits per heavy atom. The van der Waals surface area contributed by atoms with Gasteiger partial charge in [-0.15, -0.1) is 5.10 Å². The number of nitrogens with zero attached hydrogens (tertiary/aromatic N) is 7. The molecule has 3 N–H and O–H groups in total. The van der Waals surface area contributed by atoms with Crippen molar-refractivity contribution in [1.82, 2.24) is 24.5 Å². The smallest absolute Gasteiger partial charge is 0.264 e. The number of anilines is 4. The van der Waals surface area contributed by atoms with Gasteiger partial charge in [0, 0.05) is 37.8 Å². The molecule has 3 aromatic rings. The van der Waals surface area contributed by atoms with Crippen molar-refractivity contribution in [3.05, 3.63) is 34.6 Å². The van der Waals surface area contributed by atoms with E-state index >= 15 is 0 Å². The Morgan fingerprint density at radius 1 is 1.23 bits per heavy atom. The van der Waals surface area contributed by atoms with Crippen LogP contribution >= 0.6 is 11.6 Å². The van der Waals surface area contributed by atoms with Crippen LogP contribution in [0, 0.1) is 11.3 Å². The Balaban J connectivity index is 1.30. The van der Waals surface area contributed by atoms with Gasteiger partial charge in [0.2, 0.25) is 5.95 Å². The van der Waals surface area contributed by atoms with E-state index in [2.05, 4.69) is 30.6 Å². The van der Waals surface area contributed by atoms with Gasteiger partial charge in [0.1, 0.15) is 6.07 Å². The molecular weight excluding hydrogens is 532 g/mol. The molecule has 2 aliphatic heterocycles. The third-order valence-corrected chi connectivity index (χ3v) is 8.10. The zero-order valence-electron chi connectivity index (χ0n) is 21.2. The van der Waals surface area contributed by atoms with Crippen LogP contribution in [0.2, 0.25) is 5.02 Å². The van der Waals surface area contributed by atoms with Crippen LogP contribution in [0.4, 0.5) is 31.9 Å². The Kier molecular flexibility index (Phi) is 6.66. The molecule has 2 saturated heterocycles. The molecule has 3 aliphatic rings. The number of nitrogens with one attached hydrogen (secondary N) is 2. The lowest BCUT2D eigenvalue weighted by Crippen LogP contribution is -2.71. The number of aliphatic hydroxyl groups is 1. The first kappa shape index (κ1) is 25.9. The number of nitriles is 1. The summed E-state index contributed by atoms with van der Waals surface area (Å²) in [6, 6.07) is 5.02. The zero-order chi connectivity index (χ0) is 27.3. The second-order valence-electron chi connectivity index (χ2n) is 10.3. The van der Waals surface area contributed by atoms with Crippen molar-refractivity contribution < 1.29 is 18.6 Å². The van der Waals surface area contributed by atoms with E-state index in [-0.39, 0.29) is 34.0 Å². The molecule has 0 spiro atoms. The summed E-state index contributed by atoms with van der Waals surface area (Å²) in [7, 11) is 0. The maximum atomic E-state index is 14.0. The van der Waals surface area contributed by atoms with Crippen molar-refractivity contribution in [3.8, 4) is 6.07 Å². The minimum atomic E-state index is -2.72. The summed E-state index contributed by atoms with van der Waals surface area (Å²) in [6.45, 7) is 5.03. The highest BCUT2D eigenvalue weighted by molar-refractivity contribution is 6.36. The number of aliphatic hydroxyl groups excluding tert-OH is 1. The predicted octanol–water partition coefficient (Wildman–Crippen LogP) is 3.18. The highest BCUT2D eigenvalue weighted by Crippen LogP contribution is 2.40. The lowest BCUT2D eigenvalue weighted by molar-refractivity contribution is -0.187. The summed E-state index contributed by atoms with van der Waals surface area (Å²) in [5.41, 5.74) is 0.727. The molecule has 1 unspecified atom stereocenters. The second-order valence-corrected chi connectivity index (χ2v) is 10.6. The molecule has 3 fully saturated rings. The molecule has 14 heteroatoms. The highest BCUT2D eigenvalue weighted by atomic mass is 35.5. The quantitative estimate of drug-likeness (QED) is 0.379. The van der Waals surface area contributed by atoms with Crippen LogP contribution in [0.15, 0.2) is 18.3 Å². The maximum absolute atomic E-state index is 14.0. The van der Waals surface area contributed by atoms with Crippen molar-refractivity contribution in [2.24, 2.45) is 0 Å². The molecule has 39 heavy (non-hydrogen) atoms. The Hall–Kier alpha value is -3.31. The van der Waals surface area contributed by atoms with E-state index in [1.165, 1.54) is 22.8 Å². The van der Waals surface area contributed by atoms with Crippen LogP contribution in [0.1, 0.15) is 37.4 Å². The predicted molar refractivity (Wildman–Crippen MR) is 141 cm³/mol. The molecule has 1 saturated carbocycles. The number of benzene rings is 1. The molecule has 2 aromatic heterocycles. The normalized spacial score (nSPS) is 20.1. The van der Waals surface area contributed by atoms with Gasteiger partial charge < -0.3 is 25.4 Å². The molecule has 1 aliphatic carbocycles. The minimum Gasteiger partial charge on any atom is -0.391 e. The SMILES string of the molecule is CC(O)C1(N2CCN(c3cc(C(F)F)cc(Nc4nc(NC5CC5)c5ncc(C#N)n5n4)c3Cl)CC2)COC1. The van der Waals surface area contributed by atoms with Crippen molar-refractivity contribution in [2.75, 3.05) is 54.9 Å². The fourth-order valence-corrected chi connectivity index (χ4v) is 5.39. The summed E-state index contributed by atoms with van der Waals surface area (Å²) in [4.78, 5) is 13.0. The number of ether oxygens (including phenoxy) is 1. The van der Waals surface area contributed by atoms with Crippen LogP contribution in [-0.2, 0) is 4.74 Å². The second kappa shape index (κ2) is 10.0. The number of aromatic nitrogens is 4. The van der Waals surface area contributed by atoms with Crippen LogP contribution in [-0.4, -0.2) is 86.7 Å². The molecule has 6 rings (SSSR count). The van der Waals surface area contributed by atoms with Crippen molar-refractivity contribution in [2.45, 2.75) is 43.9 Å². The van der Waals surface area contributed by atoms with Gasteiger partial charge in [0.25, 0.3) is 6.43 Å². The number of fused-ring (bicyclic) bond motifs is 1. The number of hydrogen-bond acceptors (Lipinski definition) is 10. The lowest BCUT2D eigenvalue weighted by atomic mass is 9.88. The molecule has 1 atom stereocenters. The average molecular weight is 560 g/mol. The number of alkyl halides is 2. The first-order valence-corrected chi connectivity index (χ1v) is 13.2. The summed E-state index contributed by atoms with van der Waals surface area (Å²) in [6.07, 6.45) is 0.130. The highest BCUT2D eigenvalue weighted by Gasteiger charge is 2.48. The van der Waals surface area contributed by atoms with Gasteiger partial charge in [-0.25, -0.2) is 13.8 Å². The average Bonchev–Trinajstić information content (AvgIpc) is 3.60. The van der Waals surface area contributed by atoms with Crippen LogP contribution in [0.3, 0.4) is 0 Å². The summed E-state index contributed by atoms with van der Waals surface area (Å²) >= 11 is 6.81. The van der Waals surface area contributed by atoms with E-state index in [1.54, 1.807) is 6.92 Å². The first-order valence-electron chi connectivity index (χ1n) is 12.9. The van der Waals surface area contributed by atoms with E-state index in [0.29, 0.717) is 56.5 Å². The van der Waals surface area contributed by atoms with E-state index in [4.69, 9.17) is 16.3 Å². The lowest BCUT2D eigenvalue weighted by Gasteiger charge is -2.54. The summed E-state index contributed by atoms with van der Waals surface area (Å²) < 4.78 is 34.7. The van der Waals surface area contributed by atoms with Crippen molar-refractivity contribution >= 4 is 40.4 Å². The molecule has 0 radical (unpaired) electrons. The molecule has 11 nitrogen and oxygen atoms in total. The minimum absolute atomic E-state index is 0.0908. The molecular formula is C25H28ClF2N9O2. The number of hydrogen-bond donors (Lipinski definition) is 3. The molecule has 1 aromatic carbocycles. The fraction of sp³-hybridized carbons (Fsp3) is 0.520. The Morgan fingerprint density at radius 3 is 2.56 bits per heavy atom. The van der Waals surface area contributed by atoms with E-state index in [0.717, 1.165) is 12.8 Å². The number of piperazine rings is 1. The molecule has 0 bridgehead atoms. The summed E-state index contributed by atoms with van der Waals surface area (Å²) in [5, 5.41) is 30.8. The van der Waals surface area contributed by atoms with Gasteiger partial charge >= 0.3 is 0 Å². The standard InChI is InChI=1S/C25H28ClF2N9O2/c1-14(38)25(12-39-13-25)36-6-4-35(5-7-36)19-9-15(21(27)28)8-18(20(19)26)32-24-33-22(31-16-2-3-16)23-30-11-17(10-29)37(23)34-24/h8-9,11,14,16,21,38H,2-7,12-13H2,1H3,(H2,31,32,33,34). The molecule has 0 amide bonds. The maximum Gasteiger partial charge on any atom is 0.264 e. The van der Waals surface area contributed by atoms with E-state index in [9.17, 15) is 19.1 Å². The zero-order valence-corrected chi connectivity index (χ0v) is 22.0. The topological polar surface area (TPSA) is 127 Å². The van der Waals surface area contributed by atoms with Gasteiger partial charge in [-0.3, -0.25) is 4.90 Å². The molecule has 206 valence electrons. The van der Waals surface area contributed by atoms with Crippen LogP contribution in [0.25, 0.3) is 5.65 Å². The van der Waals surface area contributed by atoms with Crippen molar-refractivity contribution in [1.29, 1.82) is 5.26 Å². The van der Waals surface area contributed by atoms with E-state index < -0.39 is 18.1 Å². The van der Waals surface area contributed by atoms with Crippen LogP contribution < -0.4 is 15.5 Å².